The Morgan fingerprint density at radius 1 is 1.12 bits per heavy atom. The van der Waals surface area contributed by atoms with Crippen molar-refractivity contribution < 1.29 is 14.3 Å². The molecule has 0 atom stereocenters. The van der Waals surface area contributed by atoms with E-state index in [0.717, 1.165) is 6.08 Å². The van der Waals surface area contributed by atoms with Crippen LogP contribution in [0.4, 0.5) is 0 Å². The van der Waals surface area contributed by atoms with Gasteiger partial charge in [0.2, 0.25) is 5.78 Å². The third-order valence-corrected chi connectivity index (χ3v) is 2.49. The molecule has 82 valence electrons. The van der Waals surface area contributed by atoms with Crippen molar-refractivity contribution >= 4 is 11.6 Å². The van der Waals surface area contributed by atoms with Gasteiger partial charge < -0.3 is 9.72 Å². The molecule has 0 saturated heterocycles. The minimum absolute atomic E-state index is 0.0378. The summed E-state index contributed by atoms with van der Waals surface area (Å²) in [5, 5.41) is 0. The molecule has 5 nitrogen and oxygen atoms in total. The van der Waals surface area contributed by atoms with E-state index in [2.05, 4.69) is 4.98 Å². The average molecular weight is 219 g/mol. The van der Waals surface area contributed by atoms with E-state index in [9.17, 15) is 14.4 Å². The van der Waals surface area contributed by atoms with Crippen LogP contribution in [0.3, 0.4) is 0 Å². The maximum Gasteiger partial charge on any atom is 0.291 e. The predicted molar refractivity (Wildman–Crippen MR) is 56.2 cm³/mol. The number of H-pyrrole nitrogens is 1. The maximum atomic E-state index is 11.6. The standard InChI is InChI=1S/C11H9NO4/c1-5-8-6(13)3-4-7(14)9(8)12-11(15)10(5)16-2/h3-4H,1-2H3,(H,12,15). The molecule has 0 radical (unpaired) electrons. The molecule has 0 spiro atoms. The summed E-state index contributed by atoms with van der Waals surface area (Å²) in [6, 6.07) is 0. The molecular formula is C11H9NO4. The monoisotopic (exact) mass is 219 g/mol. The van der Waals surface area contributed by atoms with Crippen LogP contribution in [0, 0.1) is 6.92 Å². The van der Waals surface area contributed by atoms with Gasteiger partial charge in [-0.3, -0.25) is 14.4 Å². The van der Waals surface area contributed by atoms with Crippen LogP contribution in [0.1, 0.15) is 26.4 Å². The minimum atomic E-state index is -0.504. The van der Waals surface area contributed by atoms with Gasteiger partial charge in [0.15, 0.2) is 11.5 Å². The van der Waals surface area contributed by atoms with Crippen LogP contribution in [-0.2, 0) is 0 Å². The number of carbonyl (C=O) groups is 2. The van der Waals surface area contributed by atoms with Crippen molar-refractivity contribution in [3.63, 3.8) is 0 Å². The highest BCUT2D eigenvalue weighted by Crippen LogP contribution is 2.22. The summed E-state index contributed by atoms with van der Waals surface area (Å²) in [4.78, 5) is 37.0. The Balaban J connectivity index is 2.85. The summed E-state index contributed by atoms with van der Waals surface area (Å²) in [5.74, 6) is -0.616. The second kappa shape index (κ2) is 3.44. The molecule has 0 aliphatic heterocycles. The summed E-state index contributed by atoms with van der Waals surface area (Å²) in [6.07, 6.45) is 2.34. The zero-order valence-corrected chi connectivity index (χ0v) is 8.79. The van der Waals surface area contributed by atoms with Crippen molar-refractivity contribution in [1.29, 1.82) is 0 Å². The highest BCUT2D eigenvalue weighted by molar-refractivity contribution is 6.21. The molecule has 1 aliphatic carbocycles. The number of allylic oxidation sites excluding steroid dienone is 2. The maximum absolute atomic E-state index is 11.6. The Kier molecular flexibility index (Phi) is 2.23. The average Bonchev–Trinajstić information content (AvgIpc) is 2.24. The molecule has 0 fully saturated rings. The van der Waals surface area contributed by atoms with Crippen LogP contribution >= 0.6 is 0 Å². The molecule has 2 rings (SSSR count). The molecule has 1 aromatic rings. The lowest BCUT2D eigenvalue weighted by Crippen LogP contribution is -2.23. The van der Waals surface area contributed by atoms with Gasteiger partial charge >= 0.3 is 0 Å². The summed E-state index contributed by atoms with van der Waals surface area (Å²) in [5.41, 5.74) is 0.138. The fraction of sp³-hybridized carbons (Fsp3) is 0.182. The SMILES string of the molecule is COc1c(C)c2c([nH]c1=O)C(=O)C=CC2=O. The van der Waals surface area contributed by atoms with Gasteiger partial charge in [-0.2, -0.15) is 0 Å². The number of nitrogens with one attached hydrogen (secondary N) is 1. The first-order valence-electron chi connectivity index (χ1n) is 4.64. The zero-order chi connectivity index (χ0) is 11.9. The summed E-state index contributed by atoms with van der Waals surface area (Å²) in [7, 11) is 1.34. The first-order chi connectivity index (χ1) is 7.56. The number of ketones is 2. The van der Waals surface area contributed by atoms with E-state index in [4.69, 9.17) is 4.74 Å². The van der Waals surface area contributed by atoms with E-state index in [1.165, 1.54) is 13.2 Å². The number of hydrogen-bond acceptors (Lipinski definition) is 4. The van der Waals surface area contributed by atoms with Gasteiger partial charge in [0.25, 0.3) is 5.56 Å². The topological polar surface area (TPSA) is 76.2 Å². The molecule has 1 aliphatic rings. The third-order valence-electron chi connectivity index (χ3n) is 2.49. The summed E-state index contributed by atoms with van der Waals surface area (Å²) in [6.45, 7) is 1.58. The number of ether oxygens (including phenoxy) is 1. The van der Waals surface area contributed by atoms with Crippen LogP contribution in [0.25, 0.3) is 0 Å². The molecule has 16 heavy (non-hydrogen) atoms. The van der Waals surface area contributed by atoms with Gasteiger partial charge in [-0.05, 0) is 19.1 Å². The Morgan fingerprint density at radius 3 is 2.38 bits per heavy atom. The Hall–Kier alpha value is -2.17. The third kappa shape index (κ3) is 1.29. The highest BCUT2D eigenvalue weighted by atomic mass is 16.5. The summed E-state index contributed by atoms with van der Waals surface area (Å²) < 4.78 is 4.89. The normalized spacial score (nSPS) is 13.9. The van der Waals surface area contributed by atoms with Gasteiger partial charge in [-0.1, -0.05) is 0 Å². The number of methoxy groups -OCH3 is 1. The van der Waals surface area contributed by atoms with Gasteiger partial charge in [0.1, 0.15) is 5.69 Å². The van der Waals surface area contributed by atoms with Gasteiger partial charge in [-0.15, -0.1) is 0 Å². The molecule has 1 N–H and O–H groups in total. The van der Waals surface area contributed by atoms with Crippen LogP contribution in [0.5, 0.6) is 5.75 Å². The van der Waals surface area contributed by atoms with E-state index in [0.29, 0.717) is 5.56 Å². The Labute approximate surface area is 90.7 Å². The lowest BCUT2D eigenvalue weighted by molar-refractivity contribution is 0.0989. The van der Waals surface area contributed by atoms with Crippen LogP contribution < -0.4 is 10.3 Å². The van der Waals surface area contributed by atoms with Gasteiger partial charge in [-0.25, -0.2) is 0 Å². The smallest absolute Gasteiger partial charge is 0.291 e. The van der Waals surface area contributed by atoms with Crippen molar-refractivity contribution in [2.24, 2.45) is 0 Å². The number of fused-ring (bicyclic) bond motifs is 1. The number of rotatable bonds is 1. The zero-order valence-electron chi connectivity index (χ0n) is 8.79. The fourth-order valence-electron chi connectivity index (χ4n) is 1.76. The number of aromatic nitrogens is 1. The van der Waals surface area contributed by atoms with Gasteiger partial charge in [0, 0.05) is 5.56 Å². The van der Waals surface area contributed by atoms with E-state index in [1.54, 1.807) is 6.92 Å². The number of aromatic amines is 1. The largest absolute Gasteiger partial charge is 0.491 e. The van der Waals surface area contributed by atoms with E-state index < -0.39 is 5.56 Å². The van der Waals surface area contributed by atoms with Crippen molar-refractivity contribution in [2.45, 2.75) is 6.92 Å². The Bertz CT molecular complexity index is 580. The van der Waals surface area contributed by atoms with E-state index in [-0.39, 0.29) is 28.6 Å². The second-order valence-electron chi connectivity index (χ2n) is 3.42. The molecule has 0 unspecified atom stereocenters. The van der Waals surface area contributed by atoms with Crippen LogP contribution in [-0.4, -0.2) is 23.7 Å². The van der Waals surface area contributed by atoms with Gasteiger partial charge in [0.05, 0.1) is 12.7 Å². The molecule has 5 heteroatoms. The minimum Gasteiger partial charge on any atom is -0.491 e. The van der Waals surface area contributed by atoms with Crippen LogP contribution in [0.2, 0.25) is 0 Å². The first-order valence-corrected chi connectivity index (χ1v) is 4.64. The molecule has 1 heterocycles. The highest BCUT2D eigenvalue weighted by Gasteiger charge is 2.25. The quantitative estimate of drug-likeness (QED) is 0.751. The van der Waals surface area contributed by atoms with Crippen LogP contribution in [0.15, 0.2) is 16.9 Å². The number of pyridine rings is 1. The second-order valence-corrected chi connectivity index (χ2v) is 3.42. The number of carbonyl (C=O) groups excluding carboxylic acids is 2. The van der Waals surface area contributed by atoms with Crippen molar-refractivity contribution in [3.8, 4) is 5.75 Å². The molecule has 0 amide bonds. The van der Waals surface area contributed by atoms with E-state index in [1.807, 2.05) is 0 Å². The molecule has 1 aromatic heterocycles. The lowest BCUT2D eigenvalue weighted by Gasteiger charge is -2.13. The first kappa shape index (κ1) is 10.4. The molecule has 0 saturated carbocycles. The molecular weight excluding hydrogens is 210 g/mol. The Morgan fingerprint density at radius 2 is 1.75 bits per heavy atom. The number of hydrogen-bond donors (Lipinski definition) is 1. The summed E-state index contributed by atoms with van der Waals surface area (Å²) >= 11 is 0. The fourth-order valence-corrected chi connectivity index (χ4v) is 1.76. The van der Waals surface area contributed by atoms with Crippen molar-refractivity contribution in [1.82, 2.24) is 4.98 Å². The van der Waals surface area contributed by atoms with E-state index >= 15 is 0 Å². The van der Waals surface area contributed by atoms with Crippen molar-refractivity contribution in [2.75, 3.05) is 7.11 Å². The lowest BCUT2D eigenvalue weighted by atomic mass is 9.95. The predicted octanol–water partition coefficient (Wildman–Crippen LogP) is 0.627. The van der Waals surface area contributed by atoms with Crippen molar-refractivity contribution in [3.05, 3.63) is 39.3 Å². The molecule has 0 bridgehead atoms. The molecule has 0 aromatic carbocycles.